The van der Waals surface area contributed by atoms with Crippen molar-refractivity contribution in [2.45, 2.75) is 39.2 Å². The first kappa shape index (κ1) is 16.2. The molecule has 7 heteroatoms. The van der Waals surface area contributed by atoms with Crippen molar-refractivity contribution in [2.75, 3.05) is 18.4 Å². The molecule has 0 bridgehead atoms. The number of anilines is 1. The van der Waals surface area contributed by atoms with Gasteiger partial charge in [-0.1, -0.05) is 26.2 Å². The summed E-state index contributed by atoms with van der Waals surface area (Å²) in [5.41, 5.74) is 4.92. The van der Waals surface area contributed by atoms with Gasteiger partial charge in [0.1, 0.15) is 5.82 Å². The van der Waals surface area contributed by atoms with Crippen molar-refractivity contribution in [3.8, 4) is 0 Å². The van der Waals surface area contributed by atoms with Crippen LogP contribution in [-0.4, -0.2) is 28.7 Å². The van der Waals surface area contributed by atoms with Gasteiger partial charge in [-0.05, 0) is 12.5 Å². The number of aryl methyl sites for hydroxylation is 1. The number of aromatic nitrogens is 2. The number of carbonyl (C=O) groups is 1. The number of carbonyl (C=O) groups excluding carboxylic acids is 1. The maximum Gasteiger partial charge on any atom is 0.349 e. The second-order valence-electron chi connectivity index (χ2n) is 4.52. The predicted molar refractivity (Wildman–Crippen MR) is 78.7 cm³/mol. The zero-order valence-corrected chi connectivity index (χ0v) is 11.9. The molecule has 112 valence electrons. The van der Waals surface area contributed by atoms with Crippen molar-refractivity contribution in [2.24, 2.45) is 5.73 Å². The summed E-state index contributed by atoms with van der Waals surface area (Å²) in [6.07, 6.45) is 6.04. The van der Waals surface area contributed by atoms with Crippen LogP contribution in [0.2, 0.25) is 0 Å². The minimum Gasteiger partial charge on any atom is -0.337 e. The van der Waals surface area contributed by atoms with Crippen molar-refractivity contribution in [3.63, 3.8) is 0 Å². The normalized spacial score (nSPS) is 10.3. The smallest absolute Gasteiger partial charge is 0.337 e. The molecule has 1 rings (SSSR count). The molecule has 1 aromatic rings. The molecule has 0 aliphatic rings. The van der Waals surface area contributed by atoms with Crippen molar-refractivity contribution in [1.82, 2.24) is 14.9 Å². The summed E-state index contributed by atoms with van der Waals surface area (Å²) in [4.78, 5) is 27.0. The fourth-order valence-corrected chi connectivity index (χ4v) is 1.72. The Labute approximate surface area is 118 Å². The van der Waals surface area contributed by atoms with Gasteiger partial charge < -0.3 is 11.1 Å². The molecule has 0 spiro atoms. The molecule has 1 heterocycles. The quantitative estimate of drug-likeness (QED) is 0.616. The van der Waals surface area contributed by atoms with E-state index in [2.05, 4.69) is 22.5 Å². The van der Waals surface area contributed by atoms with Gasteiger partial charge in [0.05, 0.1) is 0 Å². The Morgan fingerprint density at radius 1 is 1.40 bits per heavy atom. The molecule has 0 aliphatic carbocycles. The Kier molecular flexibility index (Phi) is 7.34. The number of nitrogens with one attached hydrogen (secondary N) is 2. The van der Waals surface area contributed by atoms with Gasteiger partial charge in [0, 0.05) is 25.8 Å². The van der Waals surface area contributed by atoms with Crippen LogP contribution in [0.5, 0.6) is 0 Å². The fraction of sp³-hybridized carbons (Fsp3) is 0.615. The van der Waals surface area contributed by atoms with Crippen LogP contribution in [-0.2, 0) is 6.54 Å². The Morgan fingerprint density at radius 2 is 2.20 bits per heavy atom. The number of rotatable bonds is 8. The molecule has 0 aromatic carbocycles. The van der Waals surface area contributed by atoms with E-state index in [0.717, 1.165) is 19.3 Å². The van der Waals surface area contributed by atoms with Crippen LogP contribution in [0.1, 0.15) is 32.6 Å². The average Bonchev–Trinajstić information content (AvgIpc) is 2.43. The highest BCUT2D eigenvalue weighted by Crippen LogP contribution is 2.02. The van der Waals surface area contributed by atoms with Crippen LogP contribution in [0, 0.1) is 0 Å². The molecule has 0 atom stereocenters. The third-order valence-corrected chi connectivity index (χ3v) is 2.80. The van der Waals surface area contributed by atoms with Crippen LogP contribution in [0.15, 0.2) is 17.1 Å². The Bertz CT molecular complexity index is 472. The van der Waals surface area contributed by atoms with E-state index in [-0.39, 0.29) is 11.5 Å². The van der Waals surface area contributed by atoms with E-state index in [1.54, 1.807) is 16.8 Å². The standard InChI is InChI=1S/C13H23N5O2/c1-2-3-4-5-9-18-10-6-11(17-13(18)20)16-12(19)15-8-7-14/h6,10H,2-5,7-9,14H2,1H3,(H2,15,16,17,19,20). The number of amides is 2. The van der Waals surface area contributed by atoms with Crippen LogP contribution in [0.4, 0.5) is 10.6 Å². The van der Waals surface area contributed by atoms with Gasteiger partial charge in [0.25, 0.3) is 0 Å². The minimum absolute atomic E-state index is 0.245. The Morgan fingerprint density at radius 3 is 2.85 bits per heavy atom. The topological polar surface area (TPSA) is 102 Å². The highest BCUT2D eigenvalue weighted by atomic mass is 16.2. The third-order valence-electron chi connectivity index (χ3n) is 2.80. The number of urea groups is 1. The average molecular weight is 281 g/mol. The largest absolute Gasteiger partial charge is 0.349 e. The lowest BCUT2D eigenvalue weighted by Crippen LogP contribution is -2.34. The van der Waals surface area contributed by atoms with E-state index in [1.807, 2.05) is 0 Å². The highest BCUT2D eigenvalue weighted by molar-refractivity contribution is 5.88. The van der Waals surface area contributed by atoms with E-state index >= 15 is 0 Å². The zero-order valence-electron chi connectivity index (χ0n) is 11.9. The van der Waals surface area contributed by atoms with Crippen LogP contribution < -0.4 is 22.1 Å². The van der Waals surface area contributed by atoms with Gasteiger partial charge in [-0.15, -0.1) is 0 Å². The van der Waals surface area contributed by atoms with Gasteiger partial charge >= 0.3 is 11.7 Å². The number of hydrogen-bond donors (Lipinski definition) is 3. The molecule has 7 nitrogen and oxygen atoms in total. The molecule has 0 unspecified atom stereocenters. The molecule has 0 aliphatic heterocycles. The fourth-order valence-electron chi connectivity index (χ4n) is 1.72. The van der Waals surface area contributed by atoms with E-state index in [4.69, 9.17) is 5.73 Å². The number of hydrogen-bond acceptors (Lipinski definition) is 4. The summed E-state index contributed by atoms with van der Waals surface area (Å²) in [6.45, 7) is 3.54. The number of nitrogens with zero attached hydrogens (tertiary/aromatic N) is 2. The van der Waals surface area contributed by atoms with Gasteiger partial charge in [-0.2, -0.15) is 4.98 Å². The van der Waals surface area contributed by atoms with E-state index in [1.165, 1.54) is 6.42 Å². The van der Waals surface area contributed by atoms with Gasteiger partial charge in [0.2, 0.25) is 0 Å². The van der Waals surface area contributed by atoms with Crippen molar-refractivity contribution in [3.05, 3.63) is 22.7 Å². The van der Waals surface area contributed by atoms with Crippen molar-refractivity contribution >= 4 is 11.8 Å². The molecular weight excluding hydrogens is 258 g/mol. The van der Waals surface area contributed by atoms with Crippen molar-refractivity contribution in [1.29, 1.82) is 0 Å². The first-order valence-electron chi connectivity index (χ1n) is 6.99. The second-order valence-corrected chi connectivity index (χ2v) is 4.52. The summed E-state index contributed by atoms with van der Waals surface area (Å²) in [7, 11) is 0. The molecule has 20 heavy (non-hydrogen) atoms. The molecule has 0 saturated carbocycles. The van der Waals surface area contributed by atoms with Crippen LogP contribution >= 0.6 is 0 Å². The molecule has 4 N–H and O–H groups in total. The summed E-state index contributed by atoms with van der Waals surface area (Å²) < 4.78 is 1.55. The molecule has 0 radical (unpaired) electrons. The summed E-state index contributed by atoms with van der Waals surface area (Å²) in [5.74, 6) is 0.245. The van der Waals surface area contributed by atoms with E-state index in [0.29, 0.717) is 19.6 Å². The summed E-state index contributed by atoms with van der Waals surface area (Å²) in [6, 6.07) is 1.20. The SMILES string of the molecule is CCCCCCn1ccc(NC(=O)NCCN)nc1=O. The molecule has 2 amide bonds. The Balaban J connectivity index is 2.50. The molecule has 0 fully saturated rings. The van der Waals surface area contributed by atoms with Crippen molar-refractivity contribution < 1.29 is 4.79 Å². The molecule has 1 aromatic heterocycles. The lowest BCUT2D eigenvalue weighted by atomic mass is 10.2. The predicted octanol–water partition coefficient (Wildman–Crippen LogP) is 0.904. The lowest BCUT2D eigenvalue weighted by molar-refractivity contribution is 0.252. The second kappa shape index (κ2) is 9.08. The van der Waals surface area contributed by atoms with E-state index < -0.39 is 6.03 Å². The first-order valence-corrected chi connectivity index (χ1v) is 6.99. The van der Waals surface area contributed by atoms with Crippen LogP contribution in [0.3, 0.4) is 0 Å². The number of nitrogens with two attached hydrogens (primary N) is 1. The summed E-state index contributed by atoms with van der Waals surface area (Å²) >= 11 is 0. The lowest BCUT2D eigenvalue weighted by Gasteiger charge is -2.08. The molecule has 0 saturated heterocycles. The maximum absolute atomic E-state index is 11.8. The summed E-state index contributed by atoms with van der Waals surface area (Å²) in [5, 5.41) is 5.03. The first-order chi connectivity index (χ1) is 9.67. The molecular formula is C13H23N5O2. The third kappa shape index (κ3) is 5.83. The Hall–Kier alpha value is -1.89. The zero-order chi connectivity index (χ0) is 14.8. The minimum atomic E-state index is -0.414. The highest BCUT2D eigenvalue weighted by Gasteiger charge is 2.04. The van der Waals surface area contributed by atoms with E-state index in [9.17, 15) is 9.59 Å². The monoisotopic (exact) mass is 281 g/mol. The van der Waals surface area contributed by atoms with Gasteiger partial charge in [-0.3, -0.25) is 9.88 Å². The number of unbranched alkanes of at least 4 members (excludes halogenated alkanes) is 3. The van der Waals surface area contributed by atoms with Gasteiger partial charge in [-0.25, -0.2) is 9.59 Å². The van der Waals surface area contributed by atoms with Gasteiger partial charge in [0.15, 0.2) is 0 Å². The van der Waals surface area contributed by atoms with Crippen LogP contribution in [0.25, 0.3) is 0 Å². The maximum atomic E-state index is 11.8.